The van der Waals surface area contributed by atoms with Gasteiger partial charge in [-0.2, -0.15) is 0 Å². The Balaban J connectivity index is 2.56. The highest BCUT2D eigenvalue weighted by atomic mass is 127. The van der Waals surface area contributed by atoms with Crippen LogP contribution in [0.5, 0.6) is 0 Å². The molecule has 0 atom stereocenters. The van der Waals surface area contributed by atoms with Gasteiger partial charge >= 0.3 is 5.69 Å². The van der Waals surface area contributed by atoms with E-state index in [-0.39, 0.29) is 23.6 Å². The van der Waals surface area contributed by atoms with E-state index in [1.54, 1.807) is 12.3 Å². The van der Waals surface area contributed by atoms with E-state index in [1.807, 2.05) is 29.5 Å². The Morgan fingerprint density at radius 2 is 2.05 bits per heavy atom. The average molecular weight is 453 g/mol. The number of nitrogens with zero attached hydrogens (tertiary/aromatic N) is 2. The van der Waals surface area contributed by atoms with Crippen molar-refractivity contribution in [1.29, 1.82) is 0 Å². The van der Waals surface area contributed by atoms with Gasteiger partial charge in [0.1, 0.15) is 5.82 Å². The van der Waals surface area contributed by atoms with Gasteiger partial charge in [-0.3, -0.25) is 13.9 Å². The molecule has 7 heteroatoms. The fourth-order valence-corrected chi connectivity index (χ4v) is 2.91. The molecule has 106 valence electrons. The van der Waals surface area contributed by atoms with Gasteiger partial charge in [0.05, 0.1) is 10.1 Å². The highest BCUT2D eigenvalue weighted by molar-refractivity contribution is 14.1. The van der Waals surface area contributed by atoms with Crippen LogP contribution in [0.25, 0.3) is 0 Å². The molecule has 4 nitrogen and oxygen atoms in total. The summed E-state index contributed by atoms with van der Waals surface area (Å²) in [6.07, 6.45) is 1.54. The predicted molar refractivity (Wildman–Crippen MR) is 86.6 cm³/mol. The van der Waals surface area contributed by atoms with E-state index in [2.05, 4.69) is 15.9 Å². The Hall–Kier alpha value is -0.960. The van der Waals surface area contributed by atoms with Crippen molar-refractivity contribution in [3.05, 3.63) is 64.7 Å². The van der Waals surface area contributed by atoms with Crippen molar-refractivity contribution in [2.45, 2.75) is 20.0 Å². The second-order valence-corrected chi connectivity index (χ2v) is 6.19. The van der Waals surface area contributed by atoms with Crippen LogP contribution in [-0.4, -0.2) is 9.13 Å². The molecular formula is C13H11BrFIN2O2. The molecule has 0 amide bonds. The lowest BCUT2D eigenvalue weighted by Crippen LogP contribution is -2.41. The molecule has 0 N–H and O–H groups in total. The topological polar surface area (TPSA) is 44.0 Å². The monoisotopic (exact) mass is 452 g/mol. The highest BCUT2D eigenvalue weighted by Crippen LogP contribution is 2.18. The lowest BCUT2D eigenvalue weighted by atomic mass is 10.2. The van der Waals surface area contributed by atoms with Gasteiger partial charge in [0.15, 0.2) is 0 Å². The molecule has 0 saturated heterocycles. The first-order chi connectivity index (χ1) is 9.43. The maximum Gasteiger partial charge on any atom is 0.331 e. The summed E-state index contributed by atoms with van der Waals surface area (Å²) in [4.78, 5) is 24.3. The minimum absolute atomic E-state index is 0.107. The molecule has 0 radical (unpaired) electrons. The van der Waals surface area contributed by atoms with Crippen LogP contribution in [0.3, 0.4) is 0 Å². The first-order valence-electron chi connectivity index (χ1n) is 5.87. The van der Waals surface area contributed by atoms with E-state index < -0.39 is 0 Å². The van der Waals surface area contributed by atoms with Crippen molar-refractivity contribution in [3.63, 3.8) is 0 Å². The molecule has 1 aromatic carbocycles. The Morgan fingerprint density at radius 1 is 1.35 bits per heavy atom. The molecule has 0 bridgehead atoms. The third-order valence-corrected chi connectivity index (χ3v) is 4.36. The number of halogens is 3. The summed E-state index contributed by atoms with van der Waals surface area (Å²) in [5.74, 6) is -0.374. The molecular weight excluding hydrogens is 442 g/mol. The molecule has 0 aliphatic carbocycles. The van der Waals surface area contributed by atoms with Gasteiger partial charge in [-0.25, -0.2) is 9.18 Å². The van der Waals surface area contributed by atoms with Crippen LogP contribution in [0.1, 0.15) is 12.5 Å². The van der Waals surface area contributed by atoms with Gasteiger partial charge in [0, 0.05) is 17.2 Å². The zero-order valence-electron chi connectivity index (χ0n) is 10.6. The molecule has 0 unspecified atom stereocenters. The molecule has 0 fully saturated rings. The number of hydrogen-bond acceptors (Lipinski definition) is 2. The molecule has 0 aliphatic heterocycles. The Bertz CT molecular complexity index is 770. The van der Waals surface area contributed by atoms with Gasteiger partial charge in [-0.05, 0) is 47.2 Å². The van der Waals surface area contributed by atoms with E-state index >= 15 is 0 Å². The molecule has 1 heterocycles. The van der Waals surface area contributed by atoms with Gasteiger partial charge in [-0.1, -0.05) is 22.0 Å². The predicted octanol–water partition coefficient (Wildman–Crippen LogP) is 2.58. The summed E-state index contributed by atoms with van der Waals surface area (Å²) < 4.78 is 16.7. The average Bonchev–Trinajstić information content (AvgIpc) is 2.41. The van der Waals surface area contributed by atoms with Crippen molar-refractivity contribution in [1.82, 2.24) is 9.13 Å². The molecule has 20 heavy (non-hydrogen) atoms. The summed E-state index contributed by atoms with van der Waals surface area (Å²) in [6, 6.07) is 4.17. The van der Waals surface area contributed by atoms with Gasteiger partial charge in [0.2, 0.25) is 0 Å². The second-order valence-electron chi connectivity index (χ2n) is 4.17. The summed E-state index contributed by atoms with van der Waals surface area (Å²) in [7, 11) is 0. The summed E-state index contributed by atoms with van der Waals surface area (Å²) in [6.45, 7) is 2.43. The summed E-state index contributed by atoms with van der Waals surface area (Å²) in [5.41, 5.74) is -0.0269. The van der Waals surface area contributed by atoms with Crippen molar-refractivity contribution < 1.29 is 4.39 Å². The molecule has 2 rings (SSSR count). The van der Waals surface area contributed by atoms with E-state index in [0.29, 0.717) is 20.2 Å². The Kier molecular flexibility index (Phi) is 4.79. The second kappa shape index (κ2) is 6.21. The number of rotatable bonds is 3. The van der Waals surface area contributed by atoms with Gasteiger partial charge in [0.25, 0.3) is 5.56 Å². The Morgan fingerprint density at radius 3 is 2.65 bits per heavy atom. The quantitative estimate of drug-likeness (QED) is 0.672. The van der Waals surface area contributed by atoms with Crippen LogP contribution in [0, 0.1) is 9.39 Å². The third-order valence-electron chi connectivity index (χ3n) is 2.88. The number of hydrogen-bond donors (Lipinski definition) is 0. The zero-order valence-corrected chi connectivity index (χ0v) is 14.3. The van der Waals surface area contributed by atoms with Crippen LogP contribution in [-0.2, 0) is 13.1 Å². The van der Waals surface area contributed by atoms with E-state index in [0.717, 1.165) is 4.57 Å². The number of aryl methyl sites for hydroxylation is 1. The van der Waals surface area contributed by atoms with E-state index in [1.165, 1.54) is 16.7 Å². The lowest BCUT2D eigenvalue weighted by Gasteiger charge is -2.10. The van der Waals surface area contributed by atoms with Crippen molar-refractivity contribution >= 4 is 38.5 Å². The fraction of sp³-hybridized carbons (Fsp3) is 0.231. The lowest BCUT2D eigenvalue weighted by molar-refractivity contribution is 0.591. The normalized spacial score (nSPS) is 10.8. The largest absolute Gasteiger partial charge is 0.331 e. The van der Waals surface area contributed by atoms with Crippen molar-refractivity contribution in [2.75, 3.05) is 0 Å². The summed E-state index contributed by atoms with van der Waals surface area (Å²) in [5, 5.41) is 0. The molecule has 2 aromatic rings. The van der Waals surface area contributed by atoms with E-state index in [4.69, 9.17) is 0 Å². The van der Waals surface area contributed by atoms with Crippen LogP contribution in [0.2, 0.25) is 0 Å². The van der Waals surface area contributed by atoms with Crippen LogP contribution < -0.4 is 11.2 Å². The number of aromatic nitrogens is 2. The van der Waals surface area contributed by atoms with E-state index in [9.17, 15) is 14.0 Å². The van der Waals surface area contributed by atoms with Crippen LogP contribution in [0.4, 0.5) is 4.39 Å². The van der Waals surface area contributed by atoms with Gasteiger partial charge in [-0.15, -0.1) is 0 Å². The molecule has 1 aromatic heterocycles. The molecule has 0 aliphatic rings. The third kappa shape index (κ3) is 3.03. The first-order valence-corrected chi connectivity index (χ1v) is 7.75. The van der Waals surface area contributed by atoms with Gasteiger partial charge < -0.3 is 0 Å². The van der Waals surface area contributed by atoms with Crippen molar-refractivity contribution in [2.24, 2.45) is 0 Å². The number of benzene rings is 1. The SMILES string of the molecule is CCn1cc(I)c(=O)n(Cc2ccc(F)cc2Br)c1=O. The first kappa shape index (κ1) is 15.4. The minimum Gasteiger partial charge on any atom is -0.300 e. The highest BCUT2D eigenvalue weighted by Gasteiger charge is 2.11. The molecule has 0 spiro atoms. The van der Waals surface area contributed by atoms with Crippen LogP contribution >= 0.6 is 38.5 Å². The smallest absolute Gasteiger partial charge is 0.300 e. The summed E-state index contributed by atoms with van der Waals surface area (Å²) >= 11 is 5.15. The standard InChI is InChI=1S/C13H11BrFIN2O2/c1-2-17-7-11(16)12(19)18(13(17)20)6-8-3-4-9(15)5-10(8)14/h3-5,7H,2,6H2,1H3. The maximum atomic E-state index is 13.1. The van der Waals surface area contributed by atoms with Crippen molar-refractivity contribution in [3.8, 4) is 0 Å². The minimum atomic E-state index is -0.374. The molecule has 0 saturated carbocycles. The zero-order chi connectivity index (χ0) is 14.9. The fourth-order valence-electron chi connectivity index (χ4n) is 1.80. The van der Waals surface area contributed by atoms with Crippen LogP contribution in [0.15, 0.2) is 38.5 Å². The maximum absolute atomic E-state index is 13.1. The Labute approximate surface area is 136 Å².